The van der Waals surface area contributed by atoms with Crippen LogP contribution in [0.1, 0.15) is 35.6 Å². The van der Waals surface area contributed by atoms with Gasteiger partial charge in [-0.3, -0.25) is 9.69 Å². The third kappa shape index (κ3) is 4.25. The summed E-state index contributed by atoms with van der Waals surface area (Å²) in [5.74, 6) is -0.975. The molecule has 3 heteroatoms. The van der Waals surface area contributed by atoms with E-state index in [4.69, 9.17) is 0 Å². The molecule has 148 valence electrons. The number of hydrogen-bond acceptors (Lipinski definition) is 2. The Morgan fingerprint density at radius 3 is 2.28 bits per heavy atom. The molecule has 0 bridgehead atoms. The molecule has 2 atom stereocenters. The second-order valence-electron chi connectivity index (χ2n) is 7.92. The normalized spacial score (nSPS) is 18.3. The van der Waals surface area contributed by atoms with Crippen LogP contribution in [0.15, 0.2) is 78.9 Å². The molecule has 1 fully saturated rings. The Morgan fingerprint density at radius 1 is 0.931 bits per heavy atom. The van der Waals surface area contributed by atoms with Crippen LogP contribution in [0.25, 0.3) is 11.1 Å². The Morgan fingerprint density at radius 2 is 1.59 bits per heavy atom. The van der Waals surface area contributed by atoms with Crippen LogP contribution in [0.4, 0.5) is 0 Å². The van der Waals surface area contributed by atoms with Gasteiger partial charge < -0.3 is 5.11 Å². The predicted octanol–water partition coefficient (Wildman–Crippen LogP) is 5.55. The molecule has 1 saturated heterocycles. The van der Waals surface area contributed by atoms with Gasteiger partial charge in [-0.15, -0.1) is 0 Å². The minimum absolute atomic E-state index is 0.0724. The Bertz CT molecular complexity index is 966. The smallest absolute Gasteiger partial charge is 0.307 e. The molecule has 0 amide bonds. The van der Waals surface area contributed by atoms with Gasteiger partial charge in [0.25, 0.3) is 0 Å². The number of hydrogen-bond donors (Lipinski definition) is 1. The summed E-state index contributed by atoms with van der Waals surface area (Å²) in [5, 5.41) is 9.57. The molecule has 4 rings (SSSR count). The van der Waals surface area contributed by atoms with Gasteiger partial charge in [0.05, 0.1) is 12.0 Å². The van der Waals surface area contributed by atoms with Crippen LogP contribution in [0.5, 0.6) is 0 Å². The van der Waals surface area contributed by atoms with E-state index < -0.39 is 5.97 Å². The quantitative estimate of drug-likeness (QED) is 0.626. The Balaban J connectivity index is 1.71. The van der Waals surface area contributed by atoms with Gasteiger partial charge in [-0.25, -0.2) is 0 Å². The highest BCUT2D eigenvalue weighted by Gasteiger charge is 2.31. The standard InChI is InChI=1S/C26H27NO2/c1-19-8-5-6-12-24(19)25(27-17-7-11-23(18-27)26(28)29)22-15-13-21(14-16-22)20-9-3-2-4-10-20/h2-6,8-10,12-16,23,25H,7,11,17-18H2,1H3,(H,28,29). The van der Waals surface area contributed by atoms with Crippen LogP contribution in [0.2, 0.25) is 0 Å². The molecule has 0 saturated carbocycles. The Labute approximate surface area is 172 Å². The van der Waals surface area contributed by atoms with E-state index in [0.717, 1.165) is 19.4 Å². The lowest BCUT2D eigenvalue weighted by Crippen LogP contribution is -2.41. The van der Waals surface area contributed by atoms with Crippen LogP contribution >= 0.6 is 0 Å². The molecule has 3 nitrogen and oxygen atoms in total. The van der Waals surface area contributed by atoms with Gasteiger partial charge in [0.15, 0.2) is 0 Å². The average Bonchev–Trinajstić information content (AvgIpc) is 2.77. The molecule has 1 aliphatic rings. The summed E-state index contributed by atoms with van der Waals surface area (Å²) in [6.07, 6.45) is 1.68. The number of nitrogens with zero attached hydrogens (tertiary/aromatic N) is 1. The Hall–Kier alpha value is -2.91. The van der Waals surface area contributed by atoms with Crippen molar-refractivity contribution in [2.75, 3.05) is 13.1 Å². The zero-order valence-corrected chi connectivity index (χ0v) is 16.8. The van der Waals surface area contributed by atoms with E-state index >= 15 is 0 Å². The summed E-state index contributed by atoms with van der Waals surface area (Å²) in [4.78, 5) is 14.0. The molecule has 1 heterocycles. The van der Waals surface area contributed by atoms with Crippen molar-refractivity contribution in [2.24, 2.45) is 5.92 Å². The van der Waals surface area contributed by atoms with E-state index in [2.05, 4.69) is 84.6 Å². The van der Waals surface area contributed by atoms with E-state index in [9.17, 15) is 9.90 Å². The van der Waals surface area contributed by atoms with Crippen molar-refractivity contribution in [1.82, 2.24) is 4.90 Å². The van der Waals surface area contributed by atoms with Gasteiger partial charge in [0, 0.05) is 6.54 Å². The Kier molecular flexibility index (Phi) is 5.77. The van der Waals surface area contributed by atoms with E-state index in [1.807, 2.05) is 6.07 Å². The van der Waals surface area contributed by atoms with E-state index in [1.165, 1.54) is 27.8 Å². The van der Waals surface area contributed by atoms with Crippen LogP contribution < -0.4 is 0 Å². The molecule has 0 spiro atoms. The first kappa shape index (κ1) is 19.4. The van der Waals surface area contributed by atoms with E-state index in [0.29, 0.717) is 6.54 Å². The maximum atomic E-state index is 11.6. The molecule has 1 aliphatic heterocycles. The van der Waals surface area contributed by atoms with Gasteiger partial charge in [0.1, 0.15) is 0 Å². The lowest BCUT2D eigenvalue weighted by atomic mass is 9.89. The molecule has 0 aliphatic carbocycles. The van der Waals surface area contributed by atoms with Crippen molar-refractivity contribution in [2.45, 2.75) is 25.8 Å². The van der Waals surface area contributed by atoms with Crippen molar-refractivity contribution in [3.63, 3.8) is 0 Å². The van der Waals surface area contributed by atoms with E-state index in [-0.39, 0.29) is 12.0 Å². The van der Waals surface area contributed by atoms with Crippen molar-refractivity contribution in [1.29, 1.82) is 0 Å². The van der Waals surface area contributed by atoms with Gasteiger partial charge >= 0.3 is 5.97 Å². The average molecular weight is 386 g/mol. The van der Waals surface area contributed by atoms with E-state index in [1.54, 1.807) is 0 Å². The monoisotopic (exact) mass is 385 g/mol. The number of rotatable bonds is 5. The number of aryl methyl sites for hydroxylation is 1. The maximum Gasteiger partial charge on any atom is 0.307 e. The fourth-order valence-corrected chi connectivity index (χ4v) is 4.41. The molecule has 3 aromatic rings. The second-order valence-corrected chi connectivity index (χ2v) is 7.92. The topological polar surface area (TPSA) is 40.5 Å². The van der Waals surface area contributed by atoms with Crippen molar-refractivity contribution in [3.05, 3.63) is 95.6 Å². The summed E-state index contributed by atoms with van der Waals surface area (Å²) in [6.45, 7) is 3.65. The molecule has 0 aromatic heterocycles. The molecule has 0 radical (unpaired) electrons. The zero-order valence-electron chi connectivity index (χ0n) is 16.8. The van der Waals surface area contributed by atoms with Crippen molar-refractivity contribution >= 4 is 5.97 Å². The van der Waals surface area contributed by atoms with Crippen molar-refractivity contribution < 1.29 is 9.90 Å². The summed E-state index contributed by atoms with van der Waals surface area (Å²) in [7, 11) is 0. The SMILES string of the molecule is Cc1ccccc1C(c1ccc(-c2ccccc2)cc1)N1CCCC(C(=O)O)C1. The lowest BCUT2D eigenvalue weighted by molar-refractivity contribution is -0.143. The highest BCUT2D eigenvalue weighted by atomic mass is 16.4. The number of carbonyl (C=O) groups is 1. The number of aliphatic carboxylic acids is 1. The second kappa shape index (κ2) is 8.62. The minimum atomic E-state index is -0.683. The highest BCUT2D eigenvalue weighted by molar-refractivity contribution is 5.70. The number of likely N-dealkylation sites (tertiary alicyclic amines) is 1. The minimum Gasteiger partial charge on any atom is -0.481 e. The molecular formula is C26H27NO2. The van der Waals surface area contributed by atoms with Gasteiger partial charge in [-0.2, -0.15) is 0 Å². The molecule has 29 heavy (non-hydrogen) atoms. The van der Waals surface area contributed by atoms with Gasteiger partial charge in [-0.05, 0) is 54.1 Å². The summed E-state index contributed by atoms with van der Waals surface area (Å²) in [6, 6.07) is 27.6. The van der Waals surface area contributed by atoms with Crippen LogP contribution in [0.3, 0.4) is 0 Å². The zero-order chi connectivity index (χ0) is 20.2. The van der Waals surface area contributed by atoms with Crippen LogP contribution in [0, 0.1) is 12.8 Å². The van der Waals surface area contributed by atoms with Crippen molar-refractivity contribution in [3.8, 4) is 11.1 Å². The third-order valence-corrected chi connectivity index (χ3v) is 5.98. The lowest BCUT2D eigenvalue weighted by Gasteiger charge is -2.38. The largest absolute Gasteiger partial charge is 0.481 e. The molecular weight excluding hydrogens is 358 g/mol. The maximum absolute atomic E-state index is 11.6. The number of carboxylic acids is 1. The molecule has 1 N–H and O–H groups in total. The fourth-order valence-electron chi connectivity index (χ4n) is 4.41. The number of carboxylic acid groups (broad SMARTS) is 1. The van der Waals surface area contributed by atoms with Gasteiger partial charge in [-0.1, -0.05) is 78.9 Å². The summed E-state index contributed by atoms with van der Waals surface area (Å²) >= 11 is 0. The molecule has 3 aromatic carbocycles. The molecule has 2 unspecified atom stereocenters. The highest BCUT2D eigenvalue weighted by Crippen LogP contribution is 2.35. The number of piperidine rings is 1. The fraction of sp³-hybridized carbons (Fsp3) is 0.269. The first-order valence-corrected chi connectivity index (χ1v) is 10.3. The van der Waals surface area contributed by atoms with Crippen LogP contribution in [-0.4, -0.2) is 29.1 Å². The first-order valence-electron chi connectivity index (χ1n) is 10.3. The van der Waals surface area contributed by atoms with Gasteiger partial charge in [0.2, 0.25) is 0 Å². The predicted molar refractivity (Wildman–Crippen MR) is 117 cm³/mol. The number of benzene rings is 3. The summed E-state index contributed by atoms with van der Waals surface area (Å²) in [5.41, 5.74) is 6.11. The third-order valence-electron chi connectivity index (χ3n) is 5.98. The van der Waals surface area contributed by atoms with Crippen LogP contribution in [-0.2, 0) is 4.79 Å². The summed E-state index contributed by atoms with van der Waals surface area (Å²) < 4.78 is 0. The first-order chi connectivity index (χ1) is 14.1.